The monoisotopic (exact) mass is 248 g/mol. The van der Waals surface area contributed by atoms with Gasteiger partial charge in [-0.05, 0) is 18.9 Å². The highest BCUT2D eigenvalue weighted by Crippen LogP contribution is 2.44. The summed E-state index contributed by atoms with van der Waals surface area (Å²) < 4.78 is 0. The zero-order valence-corrected chi connectivity index (χ0v) is 10.2. The minimum Gasteiger partial charge on any atom is -0.298 e. The van der Waals surface area contributed by atoms with E-state index in [-0.39, 0.29) is 12.2 Å². The molecule has 0 aliphatic heterocycles. The number of rotatable bonds is 3. The van der Waals surface area contributed by atoms with E-state index >= 15 is 0 Å². The summed E-state index contributed by atoms with van der Waals surface area (Å²) in [7, 11) is 0. The van der Waals surface area contributed by atoms with Gasteiger partial charge in [-0.15, -0.1) is 0 Å². The Morgan fingerprint density at radius 1 is 1.53 bits per heavy atom. The lowest BCUT2D eigenvalue weighted by atomic mass is 9.75. The number of pyridine rings is 1. The van der Waals surface area contributed by atoms with Crippen LogP contribution in [0.1, 0.15) is 37.7 Å². The number of ketones is 1. The maximum absolute atomic E-state index is 12.2. The van der Waals surface area contributed by atoms with Gasteiger partial charge in [0.1, 0.15) is 0 Å². The van der Waals surface area contributed by atoms with Gasteiger partial charge >= 0.3 is 0 Å². The molecule has 88 valence electrons. The minimum absolute atomic E-state index is 0.0209. The zero-order chi connectivity index (χ0) is 12.3. The van der Waals surface area contributed by atoms with Gasteiger partial charge in [-0.25, -0.2) is 0 Å². The number of nitrogens with zero attached hydrogens (tertiary/aromatic N) is 2. The predicted molar refractivity (Wildman–Crippen MR) is 64.6 cm³/mol. The molecule has 0 spiro atoms. The van der Waals surface area contributed by atoms with Crippen LogP contribution in [0.3, 0.4) is 0 Å². The Hall–Kier alpha value is -1.40. The molecule has 1 heterocycles. The molecule has 1 aliphatic carbocycles. The van der Waals surface area contributed by atoms with Gasteiger partial charge in [-0.1, -0.05) is 24.4 Å². The molecule has 1 fully saturated rings. The lowest BCUT2D eigenvalue weighted by Crippen LogP contribution is -2.33. The number of hydrogen-bond donors (Lipinski definition) is 0. The topological polar surface area (TPSA) is 53.8 Å². The van der Waals surface area contributed by atoms with E-state index in [1.54, 1.807) is 18.5 Å². The van der Waals surface area contributed by atoms with Crippen molar-refractivity contribution in [3.05, 3.63) is 29.0 Å². The molecule has 0 bridgehead atoms. The second-order valence-corrected chi connectivity index (χ2v) is 4.81. The summed E-state index contributed by atoms with van der Waals surface area (Å²) in [5.41, 5.74) is 0.223. The normalized spacial score (nSPS) is 17.6. The molecular formula is C13H13ClN2O. The van der Waals surface area contributed by atoms with Crippen LogP contribution in [0.25, 0.3) is 0 Å². The third-order valence-corrected chi connectivity index (χ3v) is 3.84. The number of aromatic nitrogens is 1. The summed E-state index contributed by atoms with van der Waals surface area (Å²) in [6, 6.07) is 3.65. The molecular weight excluding hydrogens is 236 g/mol. The number of carbonyl (C=O) groups is 1. The molecule has 0 atom stereocenters. The number of carbonyl (C=O) groups excluding carboxylic acids is 1. The zero-order valence-electron chi connectivity index (χ0n) is 9.45. The largest absolute Gasteiger partial charge is 0.298 e. The third-order valence-electron chi connectivity index (χ3n) is 3.51. The summed E-state index contributed by atoms with van der Waals surface area (Å²) >= 11 is 6.16. The standard InChI is InChI=1S/C13H13ClN2O/c14-11-4-8-16-9-10(11)13(5-1-2-6-13)12(17)3-7-15/h4,8-9H,1-3,5-6H2. The number of halogens is 1. The molecule has 17 heavy (non-hydrogen) atoms. The first-order chi connectivity index (χ1) is 8.20. The van der Waals surface area contributed by atoms with Crippen LogP contribution in [0, 0.1) is 11.3 Å². The summed E-state index contributed by atoms with van der Waals surface area (Å²) in [6.45, 7) is 0. The Labute approximate surface area is 105 Å². The van der Waals surface area contributed by atoms with Crippen LogP contribution in [0.15, 0.2) is 18.5 Å². The van der Waals surface area contributed by atoms with Gasteiger partial charge in [-0.2, -0.15) is 5.26 Å². The highest BCUT2D eigenvalue weighted by atomic mass is 35.5. The van der Waals surface area contributed by atoms with E-state index in [1.165, 1.54) is 0 Å². The van der Waals surface area contributed by atoms with Crippen molar-refractivity contribution in [2.45, 2.75) is 37.5 Å². The van der Waals surface area contributed by atoms with Crippen molar-refractivity contribution < 1.29 is 4.79 Å². The molecule has 1 aromatic heterocycles. The predicted octanol–water partition coefficient (Wildman–Crippen LogP) is 3.03. The lowest BCUT2D eigenvalue weighted by Gasteiger charge is -2.27. The maximum Gasteiger partial charge on any atom is 0.157 e. The summed E-state index contributed by atoms with van der Waals surface area (Å²) in [6.07, 6.45) is 6.79. The van der Waals surface area contributed by atoms with Gasteiger partial charge in [0.25, 0.3) is 0 Å². The fourth-order valence-electron chi connectivity index (χ4n) is 2.65. The molecule has 0 saturated heterocycles. The van der Waals surface area contributed by atoms with Crippen molar-refractivity contribution in [2.75, 3.05) is 0 Å². The average Bonchev–Trinajstić information content (AvgIpc) is 2.80. The summed E-state index contributed by atoms with van der Waals surface area (Å²) in [4.78, 5) is 16.3. The third kappa shape index (κ3) is 2.05. The van der Waals surface area contributed by atoms with Crippen molar-refractivity contribution >= 4 is 17.4 Å². The molecule has 0 unspecified atom stereocenters. The number of hydrogen-bond acceptors (Lipinski definition) is 3. The Balaban J connectivity index is 2.46. The Morgan fingerprint density at radius 3 is 2.82 bits per heavy atom. The van der Waals surface area contributed by atoms with Gasteiger partial charge in [0.15, 0.2) is 5.78 Å². The van der Waals surface area contributed by atoms with Crippen molar-refractivity contribution in [3.63, 3.8) is 0 Å². The van der Waals surface area contributed by atoms with Crippen LogP contribution in [-0.2, 0) is 10.2 Å². The van der Waals surface area contributed by atoms with Crippen LogP contribution in [0.4, 0.5) is 0 Å². The van der Waals surface area contributed by atoms with E-state index in [2.05, 4.69) is 4.98 Å². The van der Waals surface area contributed by atoms with Crippen molar-refractivity contribution in [2.24, 2.45) is 0 Å². The molecule has 1 aromatic rings. The maximum atomic E-state index is 12.2. The van der Waals surface area contributed by atoms with Crippen LogP contribution in [0.2, 0.25) is 5.02 Å². The number of Topliss-reactive ketones (excluding diaryl/α,β-unsaturated/α-hetero) is 1. The van der Waals surface area contributed by atoms with Gasteiger partial charge in [0.05, 0.1) is 17.9 Å². The van der Waals surface area contributed by atoms with Crippen molar-refractivity contribution in [1.82, 2.24) is 4.98 Å². The van der Waals surface area contributed by atoms with Crippen LogP contribution >= 0.6 is 11.6 Å². The molecule has 0 aromatic carbocycles. The molecule has 1 aliphatic rings. The molecule has 1 saturated carbocycles. The van der Waals surface area contributed by atoms with E-state index in [4.69, 9.17) is 16.9 Å². The summed E-state index contributed by atoms with van der Waals surface area (Å²) in [5, 5.41) is 9.29. The van der Waals surface area contributed by atoms with Crippen LogP contribution in [0.5, 0.6) is 0 Å². The Bertz CT molecular complexity index is 473. The van der Waals surface area contributed by atoms with Crippen LogP contribution in [-0.4, -0.2) is 10.8 Å². The van der Waals surface area contributed by atoms with E-state index in [0.717, 1.165) is 31.2 Å². The highest BCUT2D eigenvalue weighted by Gasteiger charge is 2.43. The second-order valence-electron chi connectivity index (χ2n) is 4.40. The molecule has 0 radical (unpaired) electrons. The van der Waals surface area contributed by atoms with Gasteiger partial charge < -0.3 is 0 Å². The molecule has 2 rings (SSSR count). The molecule has 4 heteroatoms. The SMILES string of the molecule is N#CCC(=O)C1(c2cnccc2Cl)CCCC1. The first-order valence-corrected chi connectivity index (χ1v) is 6.09. The quantitative estimate of drug-likeness (QED) is 0.826. The van der Waals surface area contributed by atoms with Crippen molar-refractivity contribution in [1.29, 1.82) is 5.26 Å². The highest BCUT2D eigenvalue weighted by molar-refractivity contribution is 6.31. The molecule has 0 amide bonds. The summed E-state index contributed by atoms with van der Waals surface area (Å²) in [5.74, 6) is -0.0209. The molecule has 3 nitrogen and oxygen atoms in total. The first kappa shape index (κ1) is 12.1. The number of nitriles is 1. The fourth-order valence-corrected chi connectivity index (χ4v) is 2.93. The molecule has 0 N–H and O–H groups in total. The fraction of sp³-hybridized carbons (Fsp3) is 0.462. The van der Waals surface area contributed by atoms with Gasteiger partial charge in [0, 0.05) is 23.0 Å². The Morgan fingerprint density at radius 2 is 2.24 bits per heavy atom. The van der Waals surface area contributed by atoms with Crippen LogP contribution < -0.4 is 0 Å². The van der Waals surface area contributed by atoms with E-state index < -0.39 is 5.41 Å². The van der Waals surface area contributed by atoms with E-state index in [0.29, 0.717) is 5.02 Å². The second kappa shape index (κ2) is 4.85. The smallest absolute Gasteiger partial charge is 0.157 e. The minimum atomic E-state index is -0.568. The van der Waals surface area contributed by atoms with Gasteiger partial charge in [0.2, 0.25) is 0 Å². The Kier molecular flexibility index (Phi) is 3.44. The first-order valence-electron chi connectivity index (χ1n) is 5.71. The van der Waals surface area contributed by atoms with E-state index in [9.17, 15) is 4.79 Å². The lowest BCUT2D eigenvalue weighted by molar-refractivity contribution is -0.123. The average molecular weight is 249 g/mol. The van der Waals surface area contributed by atoms with Crippen molar-refractivity contribution in [3.8, 4) is 6.07 Å². The van der Waals surface area contributed by atoms with E-state index in [1.807, 2.05) is 6.07 Å². The van der Waals surface area contributed by atoms with Gasteiger partial charge in [-0.3, -0.25) is 9.78 Å².